The maximum atomic E-state index is 13.7. The number of alkyl halides is 2. The maximum absolute atomic E-state index is 13.7. The van der Waals surface area contributed by atoms with Crippen molar-refractivity contribution in [2.45, 2.75) is 32.2 Å². The highest BCUT2D eigenvalue weighted by Crippen LogP contribution is 2.28. The molecule has 0 saturated carbocycles. The molecule has 0 unspecified atom stereocenters. The summed E-state index contributed by atoms with van der Waals surface area (Å²) in [6.07, 6.45) is 0.366. The zero-order valence-electron chi connectivity index (χ0n) is 21.0. The van der Waals surface area contributed by atoms with Gasteiger partial charge in [-0.2, -0.15) is 8.78 Å². The molecule has 1 aromatic heterocycles. The highest BCUT2D eigenvalue weighted by molar-refractivity contribution is 5.92. The van der Waals surface area contributed by atoms with Gasteiger partial charge < -0.3 is 19.1 Å². The highest BCUT2D eigenvalue weighted by atomic mass is 19.3. The molecule has 2 amide bonds. The number of piperazine rings is 1. The summed E-state index contributed by atoms with van der Waals surface area (Å²) in [4.78, 5) is 22.2. The number of hydrogen-bond donors (Lipinski definition) is 0. The van der Waals surface area contributed by atoms with E-state index in [1.807, 2.05) is 34.1 Å². The Hall–Kier alpha value is -3.53. The first-order valence-electron chi connectivity index (χ1n) is 12.8. The fourth-order valence-corrected chi connectivity index (χ4v) is 4.82. The Labute approximate surface area is 215 Å². The van der Waals surface area contributed by atoms with E-state index in [2.05, 4.69) is 39.2 Å². The number of likely N-dealkylation sites (N-methyl/N-ethyl adjacent to an activating group) is 1. The predicted octanol–water partition coefficient (Wildman–Crippen LogP) is 5.04. The first-order valence-corrected chi connectivity index (χ1v) is 12.8. The number of nitrogens with zero attached hydrogens (tertiary/aromatic N) is 6. The Morgan fingerprint density at radius 2 is 1.70 bits per heavy atom. The van der Waals surface area contributed by atoms with Gasteiger partial charge in [-0.15, -0.1) is 10.2 Å². The summed E-state index contributed by atoms with van der Waals surface area (Å²) in [5.74, 6) is -0.652. The largest absolute Gasteiger partial charge is 0.415 e. The molecule has 0 aliphatic carbocycles. The molecule has 3 aromatic rings. The summed E-state index contributed by atoms with van der Waals surface area (Å²) in [5, 5.41) is 7.12. The number of benzene rings is 2. The predicted molar refractivity (Wildman–Crippen MR) is 138 cm³/mol. The minimum Gasteiger partial charge on any atom is -0.415 e. The van der Waals surface area contributed by atoms with Crippen molar-refractivity contribution < 1.29 is 18.0 Å². The molecule has 0 radical (unpaired) electrons. The van der Waals surface area contributed by atoms with Crippen LogP contribution in [0, 0.1) is 0 Å². The molecule has 0 spiro atoms. The molecule has 8 nitrogen and oxygen atoms in total. The lowest BCUT2D eigenvalue weighted by atomic mass is 10.1. The van der Waals surface area contributed by atoms with Crippen LogP contribution >= 0.6 is 0 Å². The van der Waals surface area contributed by atoms with E-state index >= 15 is 0 Å². The minimum absolute atomic E-state index is 0.00206. The summed E-state index contributed by atoms with van der Waals surface area (Å²) in [6, 6.07) is 15.4. The first kappa shape index (κ1) is 25.1. The summed E-state index contributed by atoms with van der Waals surface area (Å²) in [6.45, 7) is 5.81. The van der Waals surface area contributed by atoms with Crippen molar-refractivity contribution in [1.29, 1.82) is 0 Å². The van der Waals surface area contributed by atoms with E-state index < -0.39 is 12.3 Å². The molecule has 37 heavy (non-hydrogen) atoms. The molecule has 2 aliphatic rings. The number of piperidine rings is 1. The monoisotopic (exact) mass is 510 g/mol. The fourth-order valence-electron chi connectivity index (χ4n) is 4.82. The van der Waals surface area contributed by atoms with E-state index in [4.69, 9.17) is 4.42 Å². The lowest BCUT2D eigenvalue weighted by molar-refractivity contribution is 0.116. The lowest BCUT2D eigenvalue weighted by Gasteiger charge is -2.36. The van der Waals surface area contributed by atoms with Crippen LogP contribution in [0.2, 0.25) is 0 Å². The fraction of sp³-hybridized carbons (Fsp3) is 0.444. The number of aromatic nitrogens is 2. The van der Waals surface area contributed by atoms with Crippen molar-refractivity contribution in [2.24, 2.45) is 0 Å². The minimum atomic E-state index is -2.81. The number of hydrogen-bond acceptors (Lipinski definition) is 6. The van der Waals surface area contributed by atoms with Crippen LogP contribution in [-0.4, -0.2) is 72.3 Å². The molecule has 2 aliphatic heterocycles. The molecule has 2 aromatic carbocycles. The number of halogens is 2. The molecule has 5 rings (SSSR count). The highest BCUT2D eigenvalue weighted by Gasteiger charge is 2.25. The second-order valence-corrected chi connectivity index (χ2v) is 9.67. The topological polar surface area (TPSA) is 69.0 Å². The summed E-state index contributed by atoms with van der Waals surface area (Å²) < 4.78 is 30.7. The Kier molecular flexibility index (Phi) is 7.64. The number of anilines is 2. The van der Waals surface area contributed by atoms with E-state index in [9.17, 15) is 13.6 Å². The maximum Gasteiger partial charge on any atom is 0.324 e. The van der Waals surface area contributed by atoms with Crippen molar-refractivity contribution >= 4 is 17.4 Å². The summed E-state index contributed by atoms with van der Waals surface area (Å²) >= 11 is 0. The van der Waals surface area contributed by atoms with Gasteiger partial charge in [0.15, 0.2) is 0 Å². The Morgan fingerprint density at radius 1 is 0.973 bits per heavy atom. The average Bonchev–Trinajstić information content (AvgIpc) is 3.44. The second kappa shape index (κ2) is 11.2. The van der Waals surface area contributed by atoms with Crippen LogP contribution in [0.15, 0.2) is 52.9 Å². The van der Waals surface area contributed by atoms with Crippen LogP contribution in [0.3, 0.4) is 0 Å². The van der Waals surface area contributed by atoms with Crippen molar-refractivity contribution in [3.05, 3.63) is 60.0 Å². The zero-order chi connectivity index (χ0) is 25.8. The molecule has 0 bridgehead atoms. The van der Waals surface area contributed by atoms with Crippen molar-refractivity contribution in [2.75, 3.05) is 56.1 Å². The lowest BCUT2D eigenvalue weighted by Crippen LogP contribution is -2.46. The number of carbonyl (C=O) groups is 1. The van der Waals surface area contributed by atoms with Gasteiger partial charge in [-0.3, -0.25) is 4.90 Å². The number of likely N-dealkylation sites (tertiary alicyclic amines) is 1. The van der Waals surface area contributed by atoms with Crippen LogP contribution < -0.4 is 9.80 Å². The average molecular weight is 511 g/mol. The number of rotatable bonds is 6. The van der Waals surface area contributed by atoms with Gasteiger partial charge in [0.1, 0.15) is 0 Å². The molecule has 2 fully saturated rings. The second-order valence-electron chi connectivity index (χ2n) is 9.67. The van der Waals surface area contributed by atoms with E-state index in [-0.39, 0.29) is 11.9 Å². The molecular weight excluding hydrogens is 478 g/mol. The number of urea groups is 1. The van der Waals surface area contributed by atoms with E-state index in [1.54, 1.807) is 12.1 Å². The summed E-state index contributed by atoms with van der Waals surface area (Å²) in [5.41, 5.74) is 3.43. The van der Waals surface area contributed by atoms with E-state index in [0.717, 1.165) is 75.5 Å². The van der Waals surface area contributed by atoms with Crippen LogP contribution in [0.4, 0.5) is 25.0 Å². The normalized spacial score (nSPS) is 16.9. The van der Waals surface area contributed by atoms with Gasteiger partial charge in [-0.05, 0) is 62.2 Å². The quantitative estimate of drug-likeness (QED) is 0.463. The van der Waals surface area contributed by atoms with Crippen LogP contribution in [0.1, 0.15) is 37.1 Å². The van der Waals surface area contributed by atoms with Crippen molar-refractivity contribution in [3.63, 3.8) is 0 Å². The SMILES string of the molecule is CN1CCN(c2cccc(N(Cc3ccc(-c4nnc(C(F)F)o4)cc3)C(=O)N3CCCCC3)c2)CC1. The number of amides is 2. The van der Waals surface area contributed by atoms with Gasteiger partial charge in [0, 0.05) is 56.2 Å². The van der Waals surface area contributed by atoms with Crippen LogP contribution in [0.5, 0.6) is 0 Å². The molecule has 10 heteroatoms. The van der Waals surface area contributed by atoms with Gasteiger partial charge >= 0.3 is 12.5 Å². The molecule has 0 atom stereocenters. The van der Waals surface area contributed by atoms with Gasteiger partial charge in [-0.1, -0.05) is 18.2 Å². The third-order valence-electron chi connectivity index (χ3n) is 7.04. The van der Waals surface area contributed by atoms with Crippen LogP contribution in [-0.2, 0) is 6.54 Å². The Balaban J connectivity index is 1.39. The Bertz CT molecular complexity index is 1190. The smallest absolute Gasteiger partial charge is 0.324 e. The van der Waals surface area contributed by atoms with Crippen molar-refractivity contribution in [1.82, 2.24) is 20.0 Å². The Morgan fingerprint density at radius 3 is 2.38 bits per heavy atom. The molecule has 0 N–H and O–H groups in total. The summed E-state index contributed by atoms with van der Waals surface area (Å²) in [7, 11) is 2.13. The van der Waals surface area contributed by atoms with Gasteiger partial charge in [-0.25, -0.2) is 4.79 Å². The van der Waals surface area contributed by atoms with Gasteiger partial charge in [0.2, 0.25) is 5.89 Å². The van der Waals surface area contributed by atoms with Gasteiger partial charge in [0.05, 0.1) is 6.54 Å². The third kappa shape index (κ3) is 5.90. The van der Waals surface area contributed by atoms with Crippen molar-refractivity contribution in [3.8, 4) is 11.5 Å². The molecule has 3 heterocycles. The standard InChI is InChI=1S/C27H32F2N6O2/c1-32-14-16-33(17-15-32)22-6-5-7-23(18-22)35(27(36)34-12-3-2-4-13-34)19-20-8-10-21(11-9-20)25-30-31-26(37-25)24(28)29/h5-11,18,24H,2-4,12-17,19H2,1H3. The zero-order valence-corrected chi connectivity index (χ0v) is 21.0. The van der Waals surface area contributed by atoms with Crippen LogP contribution in [0.25, 0.3) is 11.5 Å². The van der Waals surface area contributed by atoms with E-state index in [0.29, 0.717) is 12.1 Å². The first-order chi connectivity index (χ1) is 18.0. The number of carbonyl (C=O) groups excluding carboxylic acids is 1. The molecular formula is C27H32F2N6O2. The van der Waals surface area contributed by atoms with E-state index in [1.165, 1.54) is 0 Å². The third-order valence-corrected chi connectivity index (χ3v) is 7.04. The molecule has 196 valence electrons. The van der Waals surface area contributed by atoms with Gasteiger partial charge in [0.25, 0.3) is 5.89 Å². The molecule has 2 saturated heterocycles.